The highest BCUT2D eigenvalue weighted by Crippen LogP contribution is 2.32. The molecule has 0 bridgehead atoms. The molecular weight excluding hydrogens is 461 g/mol. The van der Waals surface area contributed by atoms with Gasteiger partial charge in [0, 0.05) is 32.1 Å². The average Bonchev–Trinajstić information content (AvgIpc) is 3.28. The number of thiazole rings is 1. The Morgan fingerprint density at radius 2 is 1.77 bits per heavy atom. The lowest BCUT2D eigenvalue weighted by molar-refractivity contribution is -0.121. The fraction of sp³-hybridized carbons (Fsp3) is 0.238. The van der Waals surface area contributed by atoms with E-state index in [1.807, 2.05) is 10.6 Å². The molecule has 1 aromatic heterocycles. The van der Waals surface area contributed by atoms with Gasteiger partial charge in [0.05, 0.1) is 32.6 Å². The van der Waals surface area contributed by atoms with E-state index in [-0.39, 0.29) is 24.7 Å². The third kappa shape index (κ3) is 4.16. The van der Waals surface area contributed by atoms with Gasteiger partial charge in [0.25, 0.3) is 5.91 Å². The molecule has 2 aromatic carbocycles. The highest BCUT2D eigenvalue weighted by atomic mass is 35.5. The Balaban J connectivity index is 1.71. The second kappa shape index (κ2) is 8.92. The number of aromatic nitrogens is 1. The fourth-order valence-corrected chi connectivity index (χ4v) is 4.89. The number of carbonyl (C=O) groups is 3. The Hall–Kier alpha value is -2.52. The first kappa shape index (κ1) is 21.7. The lowest BCUT2D eigenvalue weighted by Gasteiger charge is -2.13. The van der Waals surface area contributed by atoms with Gasteiger partial charge in [0.15, 0.2) is 4.80 Å². The molecular formula is C21H17Cl2N3O4S. The van der Waals surface area contributed by atoms with Crippen molar-refractivity contribution in [3.63, 3.8) is 0 Å². The minimum Gasteiger partial charge on any atom is -0.383 e. The first-order chi connectivity index (χ1) is 14.9. The number of methoxy groups -OCH3 is 1. The zero-order valence-corrected chi connectivity index (χ0v) is 18.8. The first-order valence-corrected chi connectivity index (χ1v) is 11.0. The maximum atomic E-state index is 12.8. The van der Waals surface area contributed by atoms with Crippen molar-refractivity contribution in [1.82, 2.24) is 4.57 Å². The maximum absolute atomic E-state index is 12.8. The summed E-state index contributed by atoms with van der Waals surface area (Å²) in [5.41, 5.74) is 1.48. The number of rotatable bonds is 5. The van der Waals surface area contributed by atoms with Crippen LogP contribution in [0.15, 0.2) is 41.4 Å². The van der Waals surface area contributed by atoms with Gasteiger partial charge in [0.2, 0.25) is 11.8 Å². The van der Waals surface area contributed by atoms with Crippen molar-refractivity contribution in [2.45, 2.75) is 19.4 Å². The number of halogens is 2. The number of nitrogens with zero attached hydrogens (tertiary/aromatic N) is 3. The van der Waals surface area contributed by atoms with Crippen LogP contribution in [0.1, 0.15) is 23.2 Å². The monoisotopic (exact) mass is 477 g/mol. The minimum atomic E-state index is -0.453. The van der Waals surface area contributed by atoms with E-state index in [9.17, 15) is 14.4 Å². The van der Waals surface area contributed by atoms with Crippen LogP contribution in [0.5, 0.6) is 0 Å². The lowest BCUT2D eigenvalue weighted by Crippen LogP contribution is -2.28. The smallest absolute Gasteiger partial charge is 0.279 e. The molecule has 0 spiro atoms. The Morgan fingerprint density at radius 1 is 1.10 bits per heavy atom. The third-order valence-electron chi connectivity index (χ3n) is 4.87. The van der Waals surface area contributed by atoms with Crippen LogP contribution in [0.2, 0.25) is 10.0 Å². The number of fused-ring (bicyclic) bond motifs is 1. The number of carbonyl (C=O) groups excluding carboxylic acids is 3. The molecule has 0 saturated carbocycles. The summed E-state index contributed by atoms with van der Waals surface area (Å²) < 4.78 is 7.84. The number of benzene rings is 2. The van der Waals surface area contributed by atoms with Crippen LogP contribution < -0.4 is 9.70 Å². The zero-order chi connectivity index (χ0) is 22.1. The molecule has 2 heterocycles. The highest BCUT2D eigenvalue weighted by Gasteiger charge is 2.30. The van der Waals surface area contributed by atoms with Crippen molar-refractivity contribution in [2.75, 3.05) is 18.6 Å². The minimum absolute atomic E-state index is 0.203. The molecule has 3 aromatic rings. The Morgan fingerprint density at radius 3 is 2.42 bits per heavy atom. The topological polar surface area (TPSA) is 81.0 Å². The Labute approximate surface area is 191 Å². The molecule has 7 nitrogen and oxygen atoms in total. The fourth-order valence-electron chi connectivity index (χ4n) is 3.35. The molecule has 0 unspecified atom stereocenters. The maximum Gasteiger partial charge on any atom is 0.279 e. The number of anilines is 1. The molecule has 1 saturated heterocycles. The van der Waals surface area contributed by atoms with Gasteiger partial charge in [-0.2, -0.15) is 4.99 Å². The molecule has 31 heavy (non-hydrogen) atoms. The van der Waals surface area contributed by atoms with E-state index in [0.717, 1.165) is 9.60 Å². The van der Waals surface area contributed by atoms with Gasteiger partial charge in [-0.3, -0.25) is 19.3 Å². The molecule has 0 aliphatic carbocycles. The van der Waals surface area contributed by atoms with Crippen LogP contribution in [0.3, 0.4) is 0 Å². The summed E-state index contributed by atoms with van der Waals surface area (Å²) >= 11 is 13.9. The average molecular weight is 478 g/mol. The van der Waals surface area contributed by atoms with Gasteiger partial charge in [0.1, 0.15) is 0 Å². The summed E-state index contributed by atoms with van der Waals surface area (Å²) in [5, 5.41) is 0.808. The summed E-state index contributed by atoms with van der Waals surface area (Å²) in [7, 11) is 1.59. The lowest BCUT2D eigenvalue weighted by atomic mass is 10.2. The summed E-state index contributed by atoms with van der Waals surface area (Å²) in [5.74, 6) is -0.937. The Bertz CT molecular complexity index is 1250. The molecule has 4 rings (SSSR count). The first-order valence-electron chi connectivity index (χ1n) is 9.42. The predicted molar refractivity (Wildman–Crippen MR) is 120 cm³/mol. The van der Waals surface area contributed by atoms with Crippen LogP contribution in [0, 0.1) is 0 Å². The molecule has 0 N–H and O–H groups in total. The van der Waals surface area contributed by atoms with Crippen LogP contribution >= 0.6 is 34.5 Å². The van der Waals surface area contributed by atoms with Gasteiger partial charge < -0.3 is 9.30 Å². The largest absolute Gasteiger partial charge is 0.383 e. The molecule has 0 atom stereocenters. The second-order valence-corrected chi connectivity index (χ2v) is 8.62. The summed E-state index contributed by atoms with van der Waals surface area (Å²) in [6, 6.07) is 9.79. The summed E-state index contributed by atoms with van der Waals surface area (Å²) in [4.78, 5) is 42.5. The van der Waals surface area contributed by atoms with Crippen LogP contribution in [0.4, 0.5) is 5.69 Å². The number of hydrogen-bond acceptors (Lipinski definition) is 5. The number of amides is 3. The summed E-state index contributed by atoms with van der Waals surface area (Å²) in [6.45, 7) is 0.851. The zero-order valence-electron chi connectivity index (χ0n) is 16.4. The molecule has 0 radical (unpaired) electrons. The standard InChI is InChI=1S/C21H17Cl2N3O4S/c1-30-11-10-25-19-15(7-6-14(22)18(19)23)31-21(25)24-20(29)12-2-4-13(5-3-12)26-16(27)8-9-17(26)28/h2-7H,8-11H2,1H3. The van der Waals surface area contributed by atoms with Crippen molar-refractivity contribution in [2.24, 2.45) is 4.99 Å². The van der Waals surface area contributed by atoms with Gasteiger partial charge >= 0.3 is 0 Å². The molecule has 1 aliphatic heterocycles. The Kier molecular flexibility index (Phi) is 6.24. The highest BCUT2D eigenvalue weighted by molar-refractivity contribution is 7.16. The van der Waals surface area contributed by atoms with Gasteiger partial charge in [-0.1, -0.05) is 34.5 Å². The van der Waals surface area contributed by atoms with E-state index in [4.69, 9.17) is 27.9 Å². The van der Waals surface area contributed by atoms with E-state index >= 15 is 0 Å². The van der Waals surface area contributed by atoms with Crippen LogP contribution in [0.25, 0.3) is 10.2 Å². The normalized spacial score (nSPS) is 14.8. The van der Waals surface area contributed by atoms with Crippen LogP contribution in [-0.4, -0.2) is 36.0 Å². The van der Waals surface area contributed by atoms with Crippen LogP contribution in [-0.2, 0) is 20.9 Å². The number of ether oxygens (including phenoxy) is 1. The summed E-state index contributed by atoms with van der Waals surface area (Å²) in [6.07, 6.45) is 0.406. The second-order valence-electron chi connectivity index (χ2n) is 6.82. The number of imide groups is 1. The van der Waals surface area contributed by atoms with Gasteiger partial charge in [-0.05, 0) is 36.4 Å². The van der Waals surface area contributed by atoms with Crippen molar-refractivity contribution in [3.8, 4) is 0 Å². The molecule has 1 aliphatic rings. The molecule has 3 amide bonds. The van der Waals surface area contributed by atoms with E-state index in [0.29, 0.717) is 44.8 Å². The van der Waals surface area contributed by atoms with E-state index in [2.05, 4.69) is 4.99 Å². The quantitative estimate of drug-likeness (QED) is 0.519. The third-order valence-corrected chi connectivity index (χ3v) is 6.71. The molecule has 160 valence electrons. The van der Waals surface area contributed by atoms with Crippen molar-refractivity contribution >= 4 is 68.2 Å². The van der Waals surface area contributed by atoms with Crippen molar-refractivity contribution < 1.29 is 19.1 Å². The number of hydrogen-bond donors (Lipinski definition) is 0. The molecule has 10 heteroatoms. The SMILES string of the molecule is COCCn1c(=NC(=O)c2ccc(N3C(=O)CCC3=O)cc2)sc2ccc(Cl)c(Cl)c21. The predicted octanol–water partition coefficient (Wildman–Crippen LogP) is 4.05. The molecule has 1 fully saturated rings. The van der Waals surface area contributed by atoms with E-state index in [1.165, 1.54) is 11.3 Å². The van der Waals surface area contributed by atoms with E-state index in [1.54, 1.807) is 37.4 Å². The van der Waals surface area contributed by atoms with Gasteiger partial charge in [-0.25, -0.2) is 0 Å². The van der Waals surface area contributed by atoms with Gasteiger partial charge in [-0.15, -0.1) is 0 Å². The van der Waals surface area contributed by atoms with E-state index < -0.39 is 5.91 Å². The van der Waals surface area contributed by atoms with Crippen molar-refractivity contribution in [1.29, 1.82) is 0 Å². The van der Waals surface area contributed by atoms with Crippen molar-refractivity contribution in [3.05, 3.63) is 56.8 Å².